The Morgan fingerprint density at radius 1 is 1.67 bits per heavy atom. The lowest BCUT2D eigenvalue weighted by molar-refractivity contribution is -0.470. The van der Waals surface area contributed by atoms with Gasteiger partial charge in [-0.15, -0.1) is 0 Å². The fourth-order valence-corrected chi connectivity index (χ4v) is 0.370. The predicted octanol–water partition coefficient (Wildman–Crippen LogP) is -2.96. The zero-order chi connectivity index (χ0) is 9.56. The zero-order valence-corrected chi connectivity index (χ0v) is 6.19. The number of nitrogens with zero attached hydrogens (tertiary/aromatic N) is 1. The highest BCUT2D eigenvalue weighted by Gasteiger charge is 2.14. The van der Waals surface area contributed by atoms with Crippen LogP contribution < -0.4 is 10.8 Å². The smallest absolute Gasteiger partial charge is 0.371 e. The predicted molar refractivity (Wildman–Crippen MR) is 35.8 cm³/mol. The van der Waals surface area contributed by atoms with Crippen LogP contribution in [0.25, 0.3) is 5.53 Å². The van der Waals surface area contributed by atoms with E-state index in [0.29, 0.717) is 0 Å². The minimum Gasteiger partial charge on any atom is -0.508 e. The van der Waals surface area contributed by atoms with E-state index in [1.807, 2.05) is 0 Å². The second-order valence-electron chi connectivity index (χ2n) is 1.96. The first-order valence-electron chi connectivity index (χ1n) is 3.09. The van der Waals surface area contributed by atoms with Gasteiger partial charge in [-0.2, -0.15) is 0 Å². The quantitative estimate of drug-likeness (QED) is 0.304. The highest BCUT2D eigenvalue weighted by Crippen LogP contribution is 1.81. The molecule has 68 valence electrons. The molecule has 0 aliphatic rings. The molecule has 0 amide bonds. The van der Waals surface area contributed by atoms with Crippen LogP contribution in [0.5, 0.6) is 0 Å². The summed E-state index contributed by atoms with van der Waals surface area (Å²) >= 11 is 0. The highest BCUT2D eigenvalue weighted by molar-refractivity contribution is 5.74. The molecule has 4 N–H and O–H groups in total. The van der Waals surface area contributed by atoms with Gasteiger partial charge in [0.1, 0.15) is 12.6 Å². The molecule has 0 aromatic heterocycles. The highest BCUT2D eigenvalue weighted by atomic mass is 16.5. The van der Waals surface area contributed by atoms with Crippen molar-refractivity contribution in [2.75, 3.05) is 13.2 Å². The van der Waals surface area contributed by atoms with E-state index in [1.54, 1.807) is 5.11 Å². The Bertz CT molecular complexity index is 193. The van der Waals surface area contributed by atoms with Gasteiger partial charge in [0, 0.05) is 0 Å². The second kappa shape index (κ2) is 5.19. The minimum absolute atomic E-state index is 0.396. The van der Waals surface area contributed by atoms with E-state index >= 15 is 0 Å². The van der Waals surface area contributed by atoms with Crippen LogP contribution in [0, 0.1) is 0 Å². The summed E-state index contributed by atoms with van der Waals surface area (Å²) in [6.07, 6.45) is 0. The first kappa shape index (κ1) is 10.5. The van der Waals surface area contributed by atoms with Gasteiger partial charge in [0.25, 0.3) is 0 Å². The van der Waals surface area contributed by atoms with Gasteiger partial charge in [-0.05, 0) is 0 Å². The number of nitrogens with one attached hydrogen (secondary N) is 1. The van der Waals surface area contributed by atoms with Crippen LogP contribution in [0.1, 0.15) is 0 Å². The lowest BCUT2D eigenvalue weighted by Gasteiger charge is -2.05. The second-order valence-corrected chi connectivity index (χ2v) is 1.96. The standard InChI is InChI=1S/C5H9N3O4/c6-3(5(10)11)2-12-4(9)1-8-7/h3,8H,1-2,6H2,(H,10,11)/t3-/m1/s1. The van der Waals surface area contributed by atoms with E-state index in [2.05, 4.69) is 4.74 Å². The van der Waals surface area contributed by atoms with E-state index in [9.17, 15) is 9.59 Å². The molecule has 0 radical (unpaired) electrons. The molecule has 12 heavy (non-hydrogen) atoms. The molecule has 0 fully saturated rings. The van der Waals surface area contributed by atoms with Crippen molar-refractivity contribution in [2.45, 2.75) is 6.04 Å². The Morgan fingerprint density at radius 3 is 2.67 bits per heavy atom. The lowest BCUT2D eigenvalue weighted by Crippen LogP contribution is -2.66. The Balaban J connectivity index is 3.60. The number of hydrogen-bond acceptors (Lipinski definition) is 4. The topological polar surface area (TPSA) is 126 Å². The average Bonchev–Trinajstić information content (AvgIpc) is 2.00. The van der Waals surface area contributed by atoms with Gasteiger partial charge in [-0.25, -0.2) is 4.79 Å². The molecule has 1 atom stereocenters. The third-order valence-electron chi connectivity index (χ3n) is 0.964. The summed E-state index contributed by atoms with van der Waals surface area (Å²) in [5.41, 5.74) is 13.0. The molecule has 0 aliphatic heterocycles. The van der Waals surface area contributed by atoms with Crippen molar-refractivity contribution in [3.63, 3.8) is 0 Å². The Kier molecular flexibility index (Phi) is 4.54. The van der Waals surface area contributed by atoms with Crippen LogP contribution >= 0.6 is 0 Å². The van der Waals surface area contributed by atoms with Crippen LogP contribution in [-0.2, 0) is 14.3 Å². The summed E-state index contributed by atoms with van der Waals surface area (Å²) in [5.74, 6) is -2.02. The number of aliphatic carboxylic acids is 1. The van der Waals surface area contributed by atoms with Gasteiger partial charge in [-0.3, -0.25) is 4.79 Å². The minimum atomic E-state index is -1.25. The van der Waals surface area contributed by atoms with Crippen molar-refractivity contribution < 1.29 is 24.5 Å². The third kappa shape index (κ3) is 4.34. The Hall–Kier alpha value is -1.50. The maximum Gasteiger partial charge on any atom is 0.371 e. The van der Waals surface area contributed by atoms with Gasteiger partial charge >= 0.3 is 11.9 Å². The number of ether oxygens (including phenoxy) is 1. The van der Waals surface area contributed by atoms with Crippen LogP contribution in [-0.4, -0.2) is 36.2 Å². The van der Waals surface area contributed by atoms with Crippen molar-refractivity contribution >= 4 is 11.9 Å². The molecule has 0 heterocycles. The summed E-state index contributed by atoms with van der Waals surface area (Å²) < 4.78 is 4.34. The Morgan fingerprint density at radius 2 is 2.25 bits per heavy atom. The lowest BCUT2D eigenvalue weighted by atomic mass is 10.3. The van der Waals surface area contributed by atoms with Crippen molar-refractivity contribution in [2.24, 2.45) is 5.73 Å². The molecule has 0 saturated carbocycles. The van der Waals surface area contributed by atoms with Crippen LogP contribution in [0.4, 0.5) is 0 Å². The van der Waals surface area contributed by atoms with E-state index in [-0.39, 0.29) is 0 Å². The average molecular weight is 175 g/mol. The molecule has 7 heteroatoms. The number of carbonyl (C=O) groups excluding carboxylic acids is 1. The molecular formula is C5H9N3O4. The monoisotopic (exact) mass is 175 g/mol. The molecule has 0 aliphatic carbocycles. The summed E-state index contributed by atoms with van der Waals surface area (Å²) in [4.78, 5) is 20.6. The normalized spacial score (nSPS) is 11.8. The molecule has 0 rings (SSSR count). The van der Waals surface area contributed by atoms with Crippen molar-refractivity contribution in [1.29, 1.82) is 0 Å². The van der Waals surface area contributed by atoms with Crippen LogP contribution in [0.3, 0.4) is 0 Å². The fourth-order valence-electron chi connectivity index (χ4n) is 0.370. The number of nitrogens with two attached hydrogens (primary N) is 1. The maximum atomic E-state index is 10.5. The molecule has 0 bridgehead atoms. The van der Waals surface area contributed by atoms with Crippen LogP contribution in [0.2, 0.25) is 0 Å². The molecule has 0 spiro atoms. The van der Waals surface area contributed by atoms with Gasteiger partial charge < -0.3 is 26.2 Å². The Labute approximate surface area is 68.0 Å². The molecular weight excluding hydrogens is 166 g/mol. The molecule has 0 saturated heterocycles. The molecule has 7 nitrogen and oxygen atoms in total. The van der Waals surface area contributed by atoms with E-state index in [1.165, 1.54) is 0 Å². The molecule has 0 aromatic rings. The van der Waals surface area contributed by atoms with E-state index in [0.717, 1.165) is 0 Å². The summed E-state index contributed by atoms with van der Waals surface area (Å²) in [5, 5.41) is 9.80. The van der Waals surface area contributed by atoms with Crippen molar-refractivity contribution in [1.82, 2.24) is 0 Å². The van der Waals surface area contributed by atoms with Gasteiger partial charge in [-0.1, -0.05) is 0 Å². The number of carboxylic acid groups (broad SMARTS) is 1. The van der Waals surface area contributed by atoms with Gasteiger partial charge in [0.2, 0.25) is 6.54 Å². The largest absolute Gasteiger partial charge is 0.508 e. The third-order valence-corrected chi connectivity index (χ3v) is 0.964. The van der Waals surface area contributed by atoms with Crippen molar-refractivity contribution in [3.8, 4) is 0 Å². The number of hydrogen-bond donors (Lipinski definition) is 3. The van der Waals surface area contributed by atoms with Gasteiger partial charge in [0.05, 0.1) is 0 Å². The SMILES string of the molecule is [N-]=[NH+]CC(=O)OC[C@@H](N)C(=O)O. The molecule has 0 aromatic carbocycles. The number of carbonyl (C=O) groups is 2. The summed E-state index contributed by atoms with van der Waals surface area (Å²) in [7, 11) is 0. The van der Waals surface area contributed by atoms with Crippen molar-refractivity contribution in [3.05, 3.63) is 5.53 Å². The molecule has 0 unspecified atom stereocenters. The van der Waals surface area contributed by atoms with E-state index in [4.69, 9.17) is 16.4 Å². The van der Waals surface area contributed by atoms with E-state index < -0.39 is 31.1 Å². The summed E-state index contributed by atoms with van der Waals surface area (Å²) in [6.45, 7) is -0.803. The fraction of sp³-hybridized carbons (Fsp3) is 0.600. The maximum absolute atomic E-state index is 10.5. The number of rotatable bonds is 5. The van der Waals surface area contributed by atoms with Gasteiger partial charge in [0.15, 0.2) is 0 Å². The zero-order valence-electron chi connectivity index (χ0n) is 6.19. The first-order valence-corrected chi connectivity index (χ1v) is 3.09. The number of esters is 1. The first-order chi connectivity index (χ1) is 5.57. The number of carboxylic acids is 1. The summed E-state index contributed by atoms with van der Waals surface area (Å²) in [6, 6.07) is -1.23. The van der Waals surface area contributed by atoms with Crippen LogP contribution in [0.15, 0.2) is 0 Å².